The minimum Gasteiger partial charge on any atom is -0.106 e. The van der Waals surface area contributed by atoms with E-state index in [9.17, 15) is 0 Å². The van der Waals surface area contributed by atoms with Gasteiger partial charge in [-0.1, -0.05) is 133 Å². The van der Waals surface area contributed by atoms with E-state index >= 15 is 0 Å². The van der Waals surface area contributed by atoms with Crippen molar-refractivity contribution in [2.45, 2.75) is 129 Å². The molecule has 0 saturated heterocycles. The Morgan fingerprint density at radius 1 is 0.833 bits per heavy atom. The highest BCUT2D eigenvalue weighted by Crippen LogP contribution is 2.23. The Labute approximate surface area is 195 Å². The molecular formula is C30H62. The highest BCUT2D eigenvalue weighted by atomic mass is 14.1. The van der Waals surface area contributed by atoms with E-state index in [-0.39, 0.29) is 7.43 Å². The van der Waals surface area contributed by atoms with Crippen molar-refractivity contribution in [2.24, 2.45) is 5.92 Å². The van der Waals surface area contributed by atoms with Crippen LogP contribution in [0.3, 0.4) is 0 Å². The molecule has 0 saturated carbocycles. The lowest BCUT2D eigenvalue weighted by Crippen LogP contribution is -2.04. The molecule has 0 aliphatic rings. The first-order chi connectivity index (χ1) is 13.9. The van der Waals surface area contributed by atoms with Gasteiger partial charge in [-0.3, -0.25) is 0 Å². The van der Waals surface area contributed by atoms with Crippen molar-refractivity contribution in [3.63, 3.8) is 0 Å². The zero-order valence-electron chi connectivity index (χ0n) is 22.6. The van der Waals surface area contributed by atoms with Crippen LogP contribution in [0, 0.1) is 5.92 Å². The Morgan fingerprint density at radius 2 is 1.23 bits per heavy atom. The third-order valence-corrected chi connectivity index (χ3v) is 3.80. The second kappa shape index (κ2) is 38.3. The molecule has 1 aromatic rings. The molecule has 0 N–H and O–H groups in total. The standard InChI is InChI=1S/C17H26.2C3H8.2C2H6.C2H4.CH4/c1-6-14(5)17-10-8-9-15(12-17)11-16(7-2)13(3)4;2*1-3-2;3*1-2;/h8-10,12,14,16H,3,6-7,11H2,1-2,4-5H3;2*3H2,1-2H3;2*1-2H3;1-2H2;1H4. The summed E-state index contributed by atoms with van der Waals surface area (Å²) in [6.07, 6.45) is 6.03. The number of benzene rings is 1. The molecule has 0 heteroatoms. The van der Waals surface area contributed by atoms with Crippen LogP contribution in [-0.4, -0.2) is 0 Å². The van der Waals surface area contributed by atoms with Gasteiger partial charge in [0.1, 0.15) is 0 Å². The predicted molar refractivity (Wildman–Crippen MR) is 150 cm³/mol. The van der Waals surface area contributed by atoms with E-state index in [1.54, 1.807) is 0 Å². The summed E-state index contributed by atoms with van der Waals surface area (Å²) in [6, 6.07) is 9.07. The van der Waals surface area contributed by atoms with Crippen LogP contribution in [0.25, 0.3) is 0 Å². The van der Waals surface area contributed by atoms with Gasteiger partial charge in [-0.25, -0.2) is 0 Å². The van der Waals surface area contributed by atoms with Gasteiger partial charge in [-0.15, -0.1) is 13.2 Å². The summed E-state index contributed by atoms with van der Waals surface area (Å²) in [4.78, 5) is 0. The first kappa shape index (κ1) is 42.7. The van der Waals surface area contributed by atoms with Gasteiger partial charge in [0.15, 0.2) is 0 Å². The zero-order chi connectivity index (χ0) is 24.3. The minimum atomic E-state index is 0. The van der Waals surface area contributed by atoms with Gasteiger partial charge in [-0.2, -0.15) is 0 Å². The number of hydrogen-bond donors (Lipinski definition) is 0. The first-order valence-electron chi connectivity index (χ1n) is 12.2. The lowest BCUT2D eigenvalue weighted by atomic mass is 9.89. The van der Waals surface area contributed by atoms with Crippen molar-refractivity contribution >= 4 is 0 Å². The second-order valence-electron chi connectivity index (χ2n) is 6.62. The normalized spacial score (nSPS) is 9.87. The average Bonchev–Trinajstić information content (AvgIpc) is 2.77. The lowest BCUT2D eigenvalue weighted by Gasteiger charge is -2.16. The van der Waals surface area contributed by atoms with Gasteiger partial charge < -0.3 is 0 Å². The molecule has 0 aliphatic carbocycles. The Balaban J connectivity index is -0.0000000938. The van der Waals surface area contributed by atoms with Gasteiger partial charge in [0.2, 0.25) is 0 Å². The fraction of sp³-hybridized carbons (Fsp3) is 0.667. The number of hydrogen-bond acceptors (Lipinski definition) is 0. The second-order valence-corrected chi connectivity index (χ2v) is 6.62. The topological polar surface area (TPSA) is 0 Å². The summed E-state index contributed by atoms with van der Waals surface area (Å²) in [5, 5.41) is 0. The molecule has 0 aliphatic heterocycles. The Bertz CT molecular complexity index is 400. The summed E-state index contributed by atoms with van der Waals surface area (Å²) in [5.41, 5.74) is 4.24. The van der Waals surface area contributed by atoms with E-state index in [4.69, 9.17) is 0 Å². The van der Waals surface area contributed by atoms with Crippen molar-refractivity contribution in [3.05, 3.63) is 60.7 Å². The van der Waals surface area contributed by atoms with Crippen LogP contribution < -0.4 is 0 Å². The van der Waals surface area contributed by atoms with Gasteiger partial charge in [0.25, 0.3) is 0 Å². The molecular weight excluding hydrogens is 360 g/mol. The molecule has 0 radical (unpaired) electrons. The van der Waals surface area contributed by atoms with E-state index < -0.39 is 0 Å². The molecule has 1 aromatic carbocycles. The summed E-state index contributed by atoms with van der Waals surface area (Å²) in [5.74, 6) is 1.29. The van der Waals surface area contributed by atoms with Gasteiger partial charge >= 0.3 is 0 Å². The van der Waals surface area contributed by atoms with E-state index in [1.165, 1.54) is 42.4 Å². The molecule has 30 heavy (non-hydrogen) atoms. The molecule has 1 rings (SSSR count). The average molecular weight is 423 g/mol. The molecule has 0 aromatic heterocycles. The fourth-order valence-electron chi connectivity index (χ4n) is 2.21. The lowest BCUT2D eigenvalue weighted by molar-refractivity contribution is 0.589. The molecule has 0 fully saturated rings. The van der Waals surface area contributed by atoms with Crippen LogP contribution >= 0.6 is 0 Å². The molecule has 0 heterocycles. The van der Waals surface area contributed by atoms with Crippen LogP contribution in [0.2, 0.25) is 0 Å². The molecule has 0 spiro atoms. The van der Waals surface area contributed by atoms with E-state index in [0.29, 0.717) is 11.8 Å². The van der Waals surface area contributed by atoms with Crippen molar-refractivity contribution in [2.75, 3.05) is 0 Å². The highest BCUT2D eigenvalue weighted by Gasteiger charge is 2.09. The number of allylic oxidation sites excluding steroid dienone is 1. The van der Waals surface area contributed by atoms with Crippen LogP contribution in [0.5, 0.6) is 0 Å². The zero-order valence-corrected chi connectivity index (χ0v) is 22.6. The van der Waals surface area contributed by atoms with Crippen molar-refractivity contribution in [1.82, 2.24) is 0 Å². The minimum absolute atomic E-state index is 0. The van der Waals surface area contributed by atoms with Crippen LogP contribution in [-0.2, 0) is 6.42 Å². The van der Waals surface area contributed by atoms with Crippen LogP contribution in [0.15, 0.2) is 49.6 Å². The molecule has 0 nitrogen and oxygen atoms in total. The Kier molecular flexibility index (Phi) is 54.6. The highest BCUT2D eigenvalue weighted by molar-refractivity contribution is 5.27. The van der Waals surface area contributed by atoms with E-state index in [0.717, 1.165) is 6.42 Å². The smallest absolute Gasteiger partial charge is 0.0171 e. The monoisotopic (exact) mass is 422 g/mol. The predicted octanol–water partition coefficient (Wildman–Crippen LogP) is 11.7. The quantitative estimate of drug-likeness (QED) is 0.400. The molecule has 0 amide bonds. The maximum atomic E-state index is 4.10. The van der Waals surface area contributed by atoms with Crippen molar-refractivity contribution < 1.29 is 0 Å². The van der Waals surface area contributed by atoms with E-state index in [2.05, 4.69) is 99.4 Å². The first-order valence-corrected chi connectivity index (χ1v) is 12.2. The summed E-state index contributed by atoms with van der Waals surface area (Å²) in [7, 11) is 0. The SMILES string of the molecule is C.C=C.C=C(C)C(CC)Cc1cccc(C(C)CC)c1.CC.CC.CCC.CCC. The Morgan fingerprint density at radius 3 is 1.53 bits per heavy atom. The van der Waals surface area contributed by atoms with Gasteiger partial charge in [0, 0.05) is 0 Å². The maximum absolute atomic E-state index is 4.10. The third-order valence-electron chi connectivity index (χ3n) is 3.80. The van der Waals surface area contributed by atoms with Gasteiger partial charge in [0.05, 0.1) is 0 Å². The third kappa shape index (κ3) is 28.9. The summed E-state index contributed by atoms with van der Waals surface area (Å²) >= 11 is 0. The van der Waals surface area contributed by atoms with Gasteiger partial charge in [-0.05, 0) is 49.1 Å². The number of rotatable bonds is 6. The maximum Gasteiger partial charge on any atom is -0.0171 e. The summed E-state index contributed by atoms with van der Waals surface area (Å²) in [6.45, 7) is 35.5. The molecule has 182 valence electrons. The van der Waals surface area contributed by atoms with Crippen molar-refractivity contribution in [3.8, 4) is 0 Å². The summed E-state index contributed by atoms with van der Waals surface area (Å²) < 4.78 is 0. The van der Waals surface area contributed by atoms with Crippen LogP contribution in [0.4, 0.5) is 0 Å². The van der Waals surface area contributed by atoms with Crippen molar-refractivity contribution in [1.29, 1.82) is 0 Å². The molecule has 2 unspecified atom stereocenters. The fourth-order valence-corrected chi connectivity index (χ4v) is 2.21. The van der Waals surface area contributed by atoms with Crippen LogP contribution in [0.1, 0.15) is 133 Å². The molecule has 2 atom stereocenters. The largest absolute Gasteiger partial charge is 0.106 e. The molecule has 0 bridgehead atoms. The van der Waals surface area contributed by atoms with E-state index in [1.807, 2.05) is 27.7 Å². The Hall–Kier alpha value is -1.30.